The smallest absolute Gasteiger partial charge is 0.218 e. The molecule has 0 aromatic carbocycles. The van der Waals surface area contributed by atoms with Crippen LogP contribution in [0.1, 0.15) is 27.4 Å². The average molecular weight is 245 g/mol. The summed E-state index contributed by atoms with van der Waals surface area (Å²) in [5, 5.41) is 4.24. The van der Waals surface area contributed by atoms with Crippen molar-refractivity contribution in [2.24, 2.45) is 7.05 Å². The Morgan fingerprint density at radius 1 is 1.39 bits per heavy atom. The second-order valence-electron chi connectivity index (χ2n) is 4.05. The number of hydrogen-bond acceptors (Lipinski definition) is 4. The number of hydrogen-bond donors (Lipinski definition) is 0. The third kappa shape index (κ3) is 1.88. The van der Waals surface area contributed by atoms with Gasteiger partial charge in [0, 0.05) is 18.9 Å². The molecule has 18 heavy (non-hydrogen) atoms. The lowest BCUT2D eigenvalue weighted by molar-refractivity contribution is 0.103. The number of nitrogens with zero attached hydrogens (tertiary/aromatic N) is 3. The molecule has 0 radical (unpaired) electrons. The maximum atomic E-state index is 12.5. The van der Waals surface area contributed by atoms with E-state index in [1.165, 1.54) is 7.11 Å². The molecule has 0 saturated carbocycles. The van der Waals surface area contributed by atoms with Gasteiger partial charge in [-0.25, -0.2) is 4.98 Å². The van der Waals surface area contributed by atoms with E-state index in [0.29, 0.717) is 22.7 Å². The number of methoxy groups -OCH3 is 1. The van der Waals surface area contributed by atoms with Crippen molar-refractivity contribution in [2.45, 2.75) is 13.8 Å². The van der Waals surface area contributed by atoms with Crippen molar-refractivity contribution in [3.8, 4) is 5.75 Å². The lowest BCUT2D eigenvalue weighted by atomic mass is 10.1. The quantitative estimate of drug-likeness (QED) is 0.772. The Morgan fingerprint density at radius 2 is 2.11 bits per heavy atom. The fraction of sp³-hybridized carbons (Fsp3) is 0.308. The van der Waals surface area contributed by atoms with Crippen molar-refractivity contribution in [2.75, 3.05) is 7.11 Å². The number of aromatic nitrogens is 3. The van der Waals surface area contributed by atoms with Gasteiger partial charge in [-0.1, -0.05) is 0 Å². The minimum atomic E-state index is -0.157. The standard InChI is InChI=1S/C13H15N3O2/c1-8-11(9(2)16(3)15-8)13(17)12-10(18-4)6-5-7-14-12/h5-7H,1-4H3. The number of carbonyl (C=O) groups excluding carboxylic acids is 1. The summed E-state index contributed by atoms with van der Waals surface area (Å²) in [5.74, 6) is 0.320. The van der Waals surface area contributed by atoms with Gasteiger partial charge in [-0.05, 0) is 26.0 Å². The van der Waals surface area contributed by atoms with Crippen molar-refractivity contribution in [3.63, 3.8) is 0 Å². The number of pyridine rings is 1. The van der Waals surface area contributed by atoms with E-state index in [2.05, 4.69) is 10.1 Å². The molecule has 2 rings (SSSR count). The maximum absolute atomic E-state index is 12.5. The van der Waals surface area contributed by atoms with Crippen LogP contribution in [0.5, 0.6) is 5.75 Å². The summed E-state index contributed by atoms with van der Waals surface area (Å²) in [6, 6.07) is 3.46. The van der Waals surface area contributed by atoms with E-state index in [1.807, 2.05) is 20.9 Å². The Bertz CT molecular complexity index is 602. The van der Waals surface area contributed by atoms with E-state index >= 15 is 0 Å². The summed E-state index contributed by atoms with van der Waals surface area (Å²) in [5.41, 5.74) is 2.44. The molecule has 2 heterocycles. The second-order valence-corrected chi connectivity index (χ2v) is 4.05. The SMILES string of the molecule is COc1cccnc1C(=O)c1c(C)nn(C)c1C. The van der Waals surface area contributed by atoms with Gasteiger partial charge in [0.1, 0.15) is 5.75 Å². The van der Waals surface area contributed by atoms with Gasteiger partial charge in [-0.3, -0.25) is 9.48 Å². The first-order valence-electron chi connectivity index (χ1n) is 5.60. The van der Waals surface area contributed by atoms with Crippen LogP contribution in [0.15, 0.2) is 18.3 Å². The van der Waals surface area contributed by atoms with Gasteiger partial charge in [-0.15, -0.1) is 0 Å². The normalized spacial score (nSPS) is 10.4. The molecule has 0 amide bonds. The molecule has 0 fully saturated rings. The molecule has 2 aromatic rings. The van der Waals surface area contributed by atoms with Crippen molar-refractivity contribution in [1.82, 2.24) is 14.8 Å². The van der Waals surface area contributed by atoms with Crippen LogP contribution in [0.25, 0.3) is 0 Å². The summed E-state index contributed by atoms with van der Waals surface area (Å²) in [6.45, 7) is 3.68. The molecule has 5 nitrogen and oxygen atoms in total. The Morgan fingerprint density at radius 3 is 2.67 bits per heavy atom. The Hall–Kier alpha value is -2.17. The first-order chi connectivity index (χ1) is 8.56. The number of ketones is 1. The fourth-order valence-electron chi connectivity index (χ4n) is 1.95. The van der Waals surface area contributed by atoms with E-state index in [4.69, 9.17) is 4.74 Å². The van der Waals surface area contributed by atoms with Crippen LogP contribution in [0.4, 0.5) is 0 Å². The molecule has 0 N–H and O–H groups in total. The summed E-state index contributed by atoms with van der Waals surface area (Å²) >= 11 is 0. The molecule has 0 aliphatic carbocycles. The molecular formula is C13H15N3O2. The van der Waals surface area contributed by atoms with Crippen LogP contribution in [0.2, 0.25) is 0 Å². The number of aryl methyl sites for hydroxylation is 2. The third-order valence-corrected chi connectivity index (χ3v) is 2.94. The van der Waals surface area contributed by atoms with Gasteiger partial charge in [0.2, 0.25) is 5.78 Å². The number of carbonyl (C=O) groups is 1. The zero-order valence-corrected chi connectivity index (χ0v) is 10.9. The Labute approximate surface area is 105 Å². The van der Waals surface area contributed by atoms with Crippen LogP contribution in [-0.2, 0) is 7.05 Å². The summed E-state index contributed by atoms with van der Waals surface area (Å²) < 4.78 is 6.86. The van der Waals surface area contributed by atoms with Crippen molar-refractivity contribution >= 4 is 5.78 Å². The highest BCUT2D eigenvalue weighted by Crippen LogP contribution is 2.22. The lowest BCUT2D eigenvalue weighted by Gasteiger charge is -2.06. The van der Waals surface area contributed by atoms with Crippen LogP contribution in [0, 0.1) is 13.8 Å². The largest absolute Gasteiger partial charge is 0.494 e. The lowest BCUT2D eigenvalue weighted by Crippen LogP contribution is -2.08. The minimum absolute atomic E-state index is 0.157. The average Bonchev–Trinajstić information content (AvgIpc) is 2.62. The predicted molar refractivity (Wildman–Crippen MR) is 66.9 cm³/mol. The Kier molecular flexibility index (Phi) is 3.14. The second kappa shape index (κ2) is 4.60. The van der Waals surface area contributed by atoms with Gasteiger partial charge in [0.25, 0.3) is 0 Å². The van der Waals surface area contributed by atoms with Gasteiger partial charge in [0.05, 0.1) is 18.4 Å². The minimum Gasteiger partial charge on any atom is -0.494 e. The first kappa shape index (κ1) is 12.3. The number of rotatable bonds is 3. The molecule has 0 aliphatic heterocycles. The molecule has 2 aromatic heterocycles. The predicted octanol–water partition coefficient (Wildman–Crippen LogP) is 1.67. The fourth-order valence-corrected chi connectivity index (χ4v) is 1.95. The van der Waals surface area contributed by atoms with Crippen LogP contribution in [-0.4, -0.2) is 27.7 Å². The number of ether oxygens (including phenoxy) is 1. The van der Waals surface area contributed by atoms with Crippen molar-refractivity contribution < 1.29 is 9.53 Å². The molecular weight excluding hydrogens is 230 g/mol. The zero-order valence-electron chi connectivity index (χ0n) is 10.9. The highest BCUT2D eigenvalue weighted by molar-refractivity contribution is 6.10. The molecule has 0 aliphatic rings. The molecule has 0 saturated heterocycles. The molecule has 0 atom stereocenters. The molecule has 5 heteroatoms. The van der Waals surface area contributed by atoms with Gasteiger partial charge < -0.3 is 4.74 Å². The zero-order chi connectivity index (χ0) is 13.3. The Balaban J connectivity index is 2.55. The highest BCUT2D eigenvalue weighted by atomic mass is 16.5. The monoisotopic (exact) mass is 245 g/mol. The van der Waals surface area contributed by atoms with E-state index in [1.54, 1.807) is 23.0 Å². The van der Waals surface area contributed by atoms with E-state index in [9.17, 15) is 4.79 Å². The topological polar surface area (TPSA) is 57.0 Å². The summed E-state index contributed by atoms with van der Waals surface area (Å²) in [6.07, 6.45) is 1.58. The summed E-state index contributed by atoms with van der Waals surface area (Å²) in [4.78, 5) is 16.6. The van der Waals surface area contributed by atoms with Crippen LogP contribution >= 0.6 is 0 Å². The van der Waals surface area contributed by atoms with Crippen molar-refractivity contribution in [1.29, 1.82) is 0 Å². The maximum Gasteiger partial charge on any atom is 0.218 e. The van der Waals surface area contributed by atoms with Crippen LogP contribution < -0.4 is 4.74 Å². The van der Waals surface area contributed by atoms with Gasteiger partial charge >= 0.3 is 0 Å². The molecule has 0 bridgehead atoms. The van der Waals surface area contributed by atoms with Gasteiger partial charge in [0.15, 0.2) is 5.69 Å². The van der Waals surface area contributed by atoms with Gasteiger partial charge in [-0.2, -0.15) is 5.10 Å². The van der Waals surface area contributed by atoms with E-state index in [-0.39, 0.29) is 5.78 Å². The molecule has 94 valence electrons. The highest BCUT2D eigenvalue weighted by Gasteiger charge is 2.22. The summed E-state index contributed by atoms with van der Waals surface area (Å²) in [7, 11) is 3.34. The van der Waals surface area contributed by atoms with Crippen molar-refractivity contribution in [3.05, 3.63) is 41.0 Å². The van der Waals surface area contributed by atoms with Crippen LogP contribution in [0.3, 0.4) is 0 Å². The van der Waals surface area contributed by atoms with E-state index < -0.39 is 0 Å². The molecule has 0 unspecified atom stereocenters. The van der Waals surface area contributed by atoms with E-state index in [0.717, 1.165) is 5.69 Å². The molecule has 0 spiro atoms. The first-order valence-corrected chi connectivity index (χ1v) is 5.60. The third-order valence-electron chi connectivity index (χ3n) is 2.94.